The third-order valence-corrected chi connectivity index (χ3v) is 5.87. The fraction of sp³-hybridized carbons (Fsp3) is 0.650. The molecule has 2 heterocycles. The van der Waals surface area contributed by atoms with Crippen LogP contribution in [0.25, 0.3) is 0 Å². The van der Waals surface area contributed by atoms with Gasteiger partial charge in [0.25, 0.3) is 0 Å². The van der Waals surface area contributed by atoms with Crippen molar-refractivity contribution in [2.24, 2.45) is 0 Å². The highest BCUT2D eigenvalue weighted by molar-refractivity contribution is 6.31. The first kappa shape index (κ1) is 20.2. The van der Waals surface area contributed by atoms with E-state index in [-0.39, 0.29) is 6.79 Å². The summed E-state index contributed by atoms with van der Waals surface area (Å²) in [5, 5.41) is 4.14. The Kier molecular flexibility index (Phi) is 7.21. The van der Waals surface area contributed by atoms with E-state index >= 15 is 0 Å². The highest BCUT2D eigenvalue weighted by atomic mass is 35.5. The number of hydrogen-bond acceptors (Lipinski definition) is 5. The highest BCUT2D eigenvalue weighted by Gasteiger charge is 2.30. The van der Waals surface area contributed by atoms with Crippen molar-refractivity contribution in [3.63, 3.8) is 0 Å². The number of halogens is 1. The van der Waals surface area contributed by atoms with Gasteiger partial charge in [-0.05, 0) is 44.1 Å². The van der Waals surface area contributed by atoms with E-state index in [0.717, 1.165) is 56.9 Å². The molecule has 1 saturated heterocycles. The van der Waals surface area contributed by atoms with Gasteiger partial charge in [-0.1, -0.05) is 25.4 Å². The van der Waals surface area contributed by atoms with Gasteiger partial charge >= 0.3 is 0 Å². The molecule has 0 spiro atoms. The maximum atomic E-state index is 12.2. The molecule has 2 aliphatic heterocycles. The van der Waals surface area contributed by atoms with E-state index in [2.05, 4.69) is 29.0 Å². The lowest BCUT2D eigenvalue weighted by Crippen LogP contribution is -2.41. The first-order chi connectivity index (χ1) is 13.1. The van der Waals surface area contributed by atoms with Crippen LogP contribution < -0.4 is 14.8 Å². The number of carbonyl (C=O) groups is 1. The molecule has 0 saturated carbocycles. The summed E-state index contributed by atoms with van der Waals surface area (Å²) >= 11 is 6.32. The minimum Gasteiger partial charge on any atom is -0.454 e. The average molecular weight is 396 g/mol. The molecular weight excluding hydrogens is 366 g/mol. The second-order valence-electron chi connectivity index (χ2n) is 7.07. The number of likely N-dealkylation sites (N-methyl/N-ethyl adjacent to an activating group) is 1. The second-order valence-corrected chi connectivity index (χ2v) is 7.48. The summed E-state index contributed by atoms with van der Waals surface area (Å²) in [4.78, 5) is 16.7. The third kappa shape index (κ3) is 5.06. The maximum absolute atomic E-state index is 12.2. The Morgan fingerprint density at radius 1 is 1.26 bits per heavy atom. The van der Waals surface area contributed by atoms with Crippen LogP contribution in [0.15, 0.2) is 12.1 Å². The van der Waals surface area contributed by atoms with E-state index in [1.54, 1.807) is 0 Å². The molecule has 2 aliphatic rings. The lowest BCUT2D eigenvalue weighted by atomic mass is 10.1. The molecule has 0 unspecified atom stereocenters. The molecule has 7 heteroatoms. The van der Waals surface area contributed by atoms with Crippen molar-refractivity contribution >= 4 is 17.5 Å². The number of ether oxygens (including phenoxy) is 2. The molecule has 1 aromatic rings. The van der Waals surface area contributed by atoms with Crippen LogP contribution in [0.2, 0.25) is 5.02 Å². The summed E-state index contributed by atoms with van der Waals surface area (Å²) < 4.78 is 10.8. The van der Waals surface area contributed by atoms with Gasteiger partial charge in [-0.15, -0.1) is 0 Å². The zero-order valence-corrected chi connectivity index (χ0v) is 17.1. The molecule has 0 aromatic heterocycles. The van der Waals surface area contributed by atoms with Gasteiger partial charge in [0.1, 0.15) is 0 Å². The van der Waals surface area contributed by atoms with Gasteiger partial charge in [-0.25, -0.2) is 0 Å². The molecule has 0 aliphatic carbocycles. The van der Waals surface area contributed by atoms with E-state index < -0.39 is 0 Å². The number of benzene rings is 1. The fourth-order valence-electron chi connectivity index (χ4n) is 3.78. The molecule has 1 atom stereocenters. The topological polar surface area (TPSA) is 54.0 Å². The third-order valence-electron chi connectivity index (χ3n) is 5.52. The summed E-state index contributed by atoms with van der Waals surface area (Å²) in [5.41, 5.74) is 1.00. The van der Waals surface area contributed by atoms with Crippen molar-refractivity contribution in [2.75, 3.05) is 39.5 Å². The Bertz CT molecular complexity index is 652. The molecule has 1 aromatic carbocycles. The molecule has 6 nitrogen and oxygen atoms in total. The van der Waals surface area contributed by atoms with Crippen LogP contribution in [0.1, 0.15) is 38.7 Å². The SMILES string of the molecule is CCN(CC)CCN1C(=O)CC[C@@H]1CCNCc1cc2c(cc1Cl)OCO2. The number of nitrogens with one attached hydrogen (secondary N) is 1. The zero-order chi connectivity index (χ0) is 19.2. The molecule has 1 amide bonds. The standard InChI is InChI=1S/C20H30ClN3O3/c1-3-23(4-2)9-10-24-16(5-6-20(24)25)7-8-22-13-15-11-18-19(12-17(15)21)27-14-26-18/h11-12,16,22H,3-10,13-14H2,1-2H3/t16-/m1/s1. The van der Waals surface area contributed by atoms with Crippen LogP contribution in [-0.4, -0.2) is 61.3 Å². The Balaban J connectivity index is 1.45. The summed E-state index contributed by atoms with van der Waals surface area (Å²) in [6.07, 6.45) is 2.60. The zero-order valence-electron chi connectivity index (χ0n) is 16.3. The normalized spacial score (nSPS) is 18.7. The molecule has 0 bridgehead atoms. The number of likely N-dealkylation sites (tertiary alicyclic amines) is 1. The molecule has 150 valence electrons. The van der Waals surface area contributed by atoms with Crippen molar-refractivity contribution in [1.82, 2.24) is 15.1 Å². The molecule has 1 fully saturated rings. The molecule has 1 N–H and O–H groups in total. The minimum atomic E-state index is 0.252. The Morgan fingerprint density at radius 2 is 2.00 bits per heavy atom. The maximum Gasteiger partial charge on any atom is 0.231 e. The van der Waals surface area contributed by atoms with Crippen molar-refractivity contribution < 1.29 is 14.3 Å². The monoisotopic (exact) mass is 395 g/mol. The number of amides is 1. The number of hydrogen-bond donors (Lipinski definition) is 1. The molecule has 0 radical (unpaired) electrons. The van der Waals surface area contributed by atoms with E-state index in [9.17, 15) is 4.79 Å². The Labute approximate surface area is 166 Å². The highest BCUT2D eigenvalue weighted by Crippen LogP contribution is 2.36. The predicted octanol–water partition coefficient (Wildman–Crippen LogP) is 2.88. The van der Waals surface area contributed by atoms with Crippen molar-refractivity contribution in [3.05, 3.63) is 22.7 Å². The summed E-state index contributed by atoms with van der Waals surface area (Å²) in [6, 6.07) is 4.09. The number of fused-ring (bicyclic) bond motifs is 1. The Morgan fingerprint density at radius 3 is 2.74 bits per heavy atom. The smallest absolute Gasteiger partial charge is 0.231 e. The van der Waals surface area contributed by atoms with E-state index in [1.807, 2.05) is 12.1 Å². The molecule has 27 heavy (non-hydrogen) atoms. The number of carbonyl (C=O) groups excluding carboxylic acids is 1. The van der Waals surface area contributed by atoms with Gasteiger partial charge in [0.05, 0.1) is 0 Å². The minimum absolute atomic E-state index is 0.252. The van der Waals surface area contributed by atoms with Crippen LogP contribution in [0.4, 0.5) is 0 Å². The predicted molar refractivity (Wildman–Crippen MR) is 106 cm³/mol. The lowest BCUT2D eigenvalue weighted by molar-refractivity contribution is -0.129. The second kappa shape index (κ2) is 9.62. The van der Waals surface area contributed by atoms with Crippen LogP contribution in [-0.2, 0) is 11.3 Å². The fourth-order valence-corrected chi connectivity index (χ4v) is 4.00. The molecule has 3 rings (SSSR count). The first-order valence-electron chi connectivity index (χ1n) is 9.93. The van der Waals surface area contributed by atoms with Crippen molar-refractivity contribution in [2.45, 2.75) is 45.7 Å². The lowest BCUT2D eigenvalue weighted by Gasteiger charge is -2.28. The first-order valence-corrected chi connectivity index (χ1v) is 10.3. The largest absolute Gasteiger partial charge is 0.454 e. The molecular formula is C20H30ClN3O3. The average Bonchev–Trinajstić information content (AvgIpc) is 3.26. The quantitative estimate of drug-likeness (QED) is 0.617. The summed E-state index contributed by atoms with van der Waals surface area (Å²) in [5.74, 6) is 1.75. The van der Waals surface area contributed by atoms with Crippen LogP contribution >= 0.6 is 11.6 Å². The van der Waals surface area contributed by atoms with Gasteiger partial charge in [-0.2, -0.15) is 0 Å². The van der Waals surface area contributed by atoms with E-state index in [4.69, 9.17) is 21.1 Å². The van der Waals surface area contributed by atoms with Crippen LogP contribution in [0, 0.1) is 0 Å². The van der Waals surface area contributed by atoms with E-state index in [0.29, 0.717) is 35.7 Å². The van der Waals surface area contributed by atoms with Crippen LogP contribution in [0.5, 0.6) is 11.5 Å². The number of rotatable bonds is 10. The number of nitrogens with zero attached hydrogens (tertiary/aromatic N) is 2. The summed E-state index contributed by atoms with van der Waals surface area (Å²) in [6.45, 7) is 9.95. The van der Waals surface area contributed by atoms with Gasteiger partial charge in [0.15, 0.2) is 11.5 Å². The Hall–Kier alpha value is -1.50. The van der Waals surface area contributed by atoms with Crippen LogP contribution in [0.3, 0.4) is 0 Å². The van der Waals surface area contributed by atoms with Gasteiger partial charge < -0.3 is 24.6 Å². The van der Waals surface area contributed by atoms with Crippen molar-refractivity contribution in [1.29, 1.82) is 0 Å². The van der Waals surface area contributed by atoms with Gasteiger partial charge in [-0.3, -0.25) is 4.79 Å². The van der Waals surface area contributed by atoms with Gasteiger partial charge in [0.2, 0.25) is 12.7 Å². The van der Waals surface area contributed by atoms with Gasteiger partial charge in [0, 0.05) is 43.2 Å². The van der Waals surface area contributed by atoms with E-state index in [1.165, 1.54) is 0 Å². The summed E-state index contributed by atoms with van der Waals surface area (Å²) in [7, 11) is 0. The van der Waals surface area contributed by atoms with Crippen molar-refractivity contribution in [3.8, 4) is 11.5 Å².